The van der Waals surface area contributed by atoms with Crippen molar-refractivity contribution in [2.24, 2.45) is 5.90 Å². The van der Waals surface area contributed by atoms with Gasteiger partial charge in [-0.25, -0.2) is 5.90 Å². The van der Waals surface area contributed by atoms with Gasteiger partial charge in [0.1, 0.15) is 6.29 Å². The van der Waals surface area contributed by atoms with Crippen LogP contribution >= 0.6 is 0 Å². The molecule has 1 saturated heterocycles. The Bertz CT molecular complexity index is 174. The zero-order valence-electron chi connectivity index (χ0n) is 10.0. The molecule has 1 heterocycles. The molecule has 0 aliphatic carbocycles. The van der Waals surface area contributed by atoms with E-state index in [1.165, 1.54) is 14.0 Å². The van der Waals surface area contributed by atoms with Gasteiger partial charge >= 0.3 is 0 Å². The molecule has 1 aliphatic rings. The highest BCUT2D eigenvalue weighted by Gasteiger charge is 2.25. The van der Waals surface area contributed by atoms with Crippen LogP contribution < -0.4 is 5.90 Å². The molecule has 1 aliphatic heterocycles. The molecular weight excluding hydrogens is 196 g/mol. The van der Waals surface area contributed by atoms with E-state index in [0.29, 0.717) is 0 Å². The minimum atomic E-state index is -0.141. The standard InChI is InChI=1S/C7H11NO2.C2H6.CH5NO/c1-6(10)8-4-2-3-7(8)5-9;1-2;1-3-2/h5,7H,2-4H2,1H3;1-2H3;2H2,1H3/t7-;;/m1../s1. The first-order valence-electron chi connectivity index (χ1n) is 5.12. The molecule has 5 nitrogen and oxygen atoms in total. The Kier molecular flexibility index (Phi) is 12.2. The summed E-state index contributed by atoms with van der Waals surface area (Å²) in [7, 11) is 1.40. The Labute approximate surface area is 91.5 Å². The van der Waals surface area contributed by atoms with Gasteiger partial charge in [0, 0.05) is 13.5 Å². The molecule has 0 saturated carbocycles. The summed E-state index contributed by atoms with van der Waals surface area (Å²) in [6, 6.07) is -0.141. The minimum absolute atomic E-state index is 0.00889. The van der Waals surface area contributed by atoms with Gasteiger partial charge in [0.05, 0.1) is 13.2 Å². The molecule has 1 atom stereocenters. The van der Waals surface area contributed by atoms with Crippen molar-refractivity contribution in [1.29, 1.82) is 0 Å². The fraction of sp³-hybridized carbons (Fsp3) is 0.800. The number of nitrogens with zero attached hydrogens (tertiary/aromatic N) is 1. The van der Waals surface area contributed by atoms with Gasteiger partial charge in [0.15, 0.2) is 0 Å². The average molecular weight is 218 g/mol. The van der Waals surface area contributed by atoms with Crippen LogP contribution in [0.1, 0.15) is 33.6 Å². The molecule has 0 spiro atoms. The second-order valence-corrected chi connectivity index (χ2v) is 2.79. The van der Waals surface area contributed by atoms with Crippen molar-refractivity contribution in [3.63, 3.8) is 0 Å². The van der Waals surface area contributed by atoms with E-state index >= 15 is 0 Å². The molecular formula is C10H22N2O3. The topological polar surface area (TPSA) is 72.6 Å². The third kappa shape index (κ3) is 7.04. The number of carbonyl (C=O) groups is 2. The van der Waals surface area contributed by atoms with Crippen LogP contribution in [-0.4, -0.2) is 36.8 Å². The molecule has 0 aromatic carbocycles. The van der Waals surface area contributed by atoms with Crippen LogP contribution in [0.25, 0.3) is 0 Å². The van der Waals surface area contributed by atoms with Gasteiger partial charge in [-0.1, -0.05) is 13.8 Å². The van der Waals surface area contributed by atoms with Crippen LogP contribution in [0.2, 0.25) is 0 Å². The Hall–Kier alpha value is -0.940. The number of rotatable bonds is 1. The van der Waals surface area contributed by atoms with Crippen LogP contribution in [0.15, 0.2) is 0 Å². The first-order chi connectivity index (χ1) is 7.17. The molecule has 5 heteroatoms. The summed E-state index contributed by atoms with van der Waals surface area (Å²) in [5.41, 5.74) is 0. The minimum Gasteiger partial charge on any atom is -0.333 e. The second-order valence-electron chi connectivity index (χ2n) is 2.79. The number of carbonyl (C=O) groups excluding carboxylic acids is 2. The van der Waals surface area contributed by atoms with E-state index in [1.54, 1.807) is 4.90 Å². The summed E-state index contributed by atoms with van der Waals surface area (Å²) in [6.07, 6.45) is 2.65. The predicted molar refractivity (Wildman–Crippen MR) is 59.0 cm³/mol. The lowest BCUT2D eigenvalue weighted by atomic mass is 10.2. The van der Waals surface area contributed by atoms with Crippen molar-refractivity contribution < 1.29 is 14.4 Å². The van der Waals surface area contributed by atoms with Crippen LogP contribution in [0.3, 0.4) is 0 Å². The molecule has 0 aromatic rings. The molecule has 90 valence electrons. The molecule has 0 unspecified atom stereocenters. The van der Waals surface area contributed by atoms with E-state index in [1.807, 2.05) is 13.8 Å². The van der Waals surface area contributed by atoms with E-state index in [0.717, 1.165) is 25.7 Å². The summed E-state index contributed by atoms with van der Waals surface area (Å²) in [4.78, 5) is 26.5. The van der Waals surface area contributed by atoms with Crippen molar-refractivity contribution in [2.75, 3.05) is 13.7 Å². The van der Waals surface area contributed by atoms with E-state index in [9.17, 15) is 9.59 Å². The van der Waals surface area contributed by atoms with Gasteiger partial charge in [0.25, 0.3) is 0 Å². The van der Waals surface area contributed by atoms with E-state index in [-0.39, 0.29) is 11.9 Å². The number of likely N-dealkylation sites (tertiary alicyclic amines) is 1. The quantitative estimate of drug-likeness (QED) is 0.520. The summed E-state index contributed by atoms with van der Waals surface area (Å²) in [5, 5.41) is 0. The lowest BCUT2D eigenvalue weighted by Crippen LogP contribution is -2.34. The lowest BCUT2D eigenvalue weighted by molar-refractivity contribution is -0.132. The van der Waals surface area contributed by atoms with Gasteiger partial charge in [-0.15, -0.1) is 0 Å². The maximum absolute atomic E-state index is 10.8. The third-order valence-corrected chi connectivity index (χ3v) is 1.86. The molecule has 1 amide bonds. The first kappa shape index (κ1) is 16.5. The summed E-state index contributed by atoms with van der Waals surface area (Å²) in [6.45, 7) is 6.25. The summed E-state index contributed by atoms with van der Waals surface area (Å²) >= 11 is 0. The zero-order valence-corrected chi connectivity index (χ0v) is 10.0. The number of hydrogen-bond acceptors (Lipinski definition) is 4. The maximum atomic E-state index is 10.8. The number of amides is 1. The maximum Gasteiger partial charge on any atom is 0.220 e. The molecule has 1 rings (SSSR count). The molecule has 1 fully saturated rings. The van der Waals surface area contributed by atoms with Crippen LogP contribution in [0.5, 0.6) is 0 Å². The van der Waals surface area contributed by atoms with Gasteiger partial charge in [-0.2, -0.15) is 0 Å². The largest absolute Gasteiger partial charge is 0.333 e. The first-order valence-corrected chi connectivity index (χ1v) is 5.12. The second kappa shape index (κ2) is 11.1. The molecule has 15 heavy (non-hydrogen) atoms. The summed E-state index contributed by atoms with van der Waals surface area (Å²) < 4.78 is 0. The Morgan fingerprint density at radius 2 is 2.00 bits per heavy atom. The fourth-order valence-corrected chi connectivity index (χ4v) is 1.32. The smallest absolute Gasteiger partial charge is 0.220 e. The van der Waals surface area contributed by atoms with Gasteiger partial charge in [-0.05, 0) is 12.8 Å². The lowest BCUT2D eigenvalue weighted by Gasteiger charge is -2.17. The number of nitrogens with two attached hydrogens (primary N) is 1. The summed E-state index contributed by atoms with van der Waals surface area (Å²) in [5.74, 6) is 4.36. The van der Waals surface area contributed by atoms with E-state index < -0.39 is 0 Å². The number of hydrogen-bond donors (Lipinski definition) is 1. The molecule has 2 N–H and O–H groups in total. The predicted octanol–water partition coefficient (Wildman–Crippen LogP) is 0.729. The molecule has 0 bridgehead atoms. The van der Waals surface area contributed by atoms with Crippen molar-refractivity contribution >= 4 is 12.2 Å². The highest BCUT2D eigenvalue weighted by atomic mass is 16.6. The normalized spacial score (nSPS) is 18.2. The Balaban J connectivity index is 0. The highest BCUT2D eigenvalue weighted by molar-refractivity contribution is 5.78. The van der Waals surface area contributed by atoms with Crippen LogP contribution in [0, 0.1) is 0 Å². The van der Waals surface area contributed by atoms with Gasteiger partial charge < -0.3 is 14.5 Å². The van der Waals surface area contributed by atoms with Crippen molar-refractivity contribution in [2.45, 2.75) is 39.7 Å². The fourth-order valence-electron chi connectivity index (χ4n) is 1.32. The monoisotopic (exact) mass is 218 g/mol. The van der Waals surface area contributed by atoms with Crippen LogP contribution in [0.4, 0.5) is 0 Å². The van der Waals surface area contributed by atoms with E-state index in [4.69, 9.17) is 0 Å². The van der Waals surface area contributed by atoms with Gasteiger partial charge in [0.2, 0.25) is 5.91 Å². The zero-order chi connectivity index (χ0) is 12.3. The van der Waals surface area contributed by atoms with Gasteiger partial charge in [-0.3, -0.25) is 4.79 Å². The SMILES string of the molecule is CC.CC(=O)N1CCC[C@@H]1C=O.CON. The van der Waals surface area contributed by atoms with Crippen LogP contribution in [-0.2, 0) is 14.4 Å². The molecule has 0 aromatic heterocycles. The van der Waals surface area contributed by atoms with Crippen molar-refractivity contribution in [3.8, 4) is 0 Å². The van der Waals surface area contributed by atoms with E-state index in [2.05, 4.69) is 10.7 Å². The van der Waals surface area contributed by atoms with Crippen molar-refractivity contribution in [1.82, 2.24) is 4.90 Å². The average Bonchev–Trinajstić information content (AvgIpc) is 2.69. The number of aldehydes is 1. The molecule has 0 radical (unpaired) electrons. The highest BCUT2D eigenvalue weighted by Crippen LogP contribution is 2.14. The Morgan fingerprint density at radius 3 is 2.27 bits per heavy atom. The Morgan fingerprint density at radius 1 is 1.53 bits per heavy atom. The van der Waals surface area contributed by atoms with Crippen molar-refractivity contribution in [3.05, 3.63) is 0 Å². The third-order valence-electron chi connectivity index (χ3n) is 1.86.